The van der Waals surface area contributed by atoms with Crippen molar-refractivity contribution in [1.29, 1.82) is 0 Å². The Morgan fingerprint density at radius 1 is 1.14 bits per heavy atom. The van der Waals surface area contributed by atoms with Crippen LogP contribution in [0.25, 0.3) is 0 Å². The zero-order chi connectivity index (χ0) is 10.6. The lowest BCUT2D eigenvalue weighted by molar-refractivity contribution is -0.117. The van der Waals surface area contributed by atoms with E-state index < -0.39 is 6.29 Å². The minimum absolute atomic E-state index is 0.244. The van der Waals surface area contributed by atoms with Crippen LogP contribution in [0.1, 0.15) is 17.2 Å². The minimum Gasteiger partial charge on any atom is -0.354 e. The van der Waals surface area contributed by atoms with Crippen LogP contribution >= 0.6 is 0 Å². The SMILES string of the molecule is COC(OC)C(N)c1ccccc1C. The van der Waals surface area contributed by atoms with E-state index in [1.165, 1.54) is 0 Å². The van der Waals surface area contributed by atoms with Crippen molar-refractivity contribution in [1.82, 2.24) is 0 Å². The van der Waals surface area contributed by atoms with Crippen LogP contribution in [-0.2, 0) is 9.47 Å². The molecule has 0 aliphatic carbocycles. The van der Waals surface area contributed by atoms with Gasteiger partial charge in [-0.1, -0.05) is 24.3 Å². The lowest BCUT2D eigenvalue weighted by Gasteiger charge is -2.22. The van der Waals surface area contributed by atoms with Gasteiger partial charge in [0.25, 0.3) is 0 Å². The van der Waals surface area contributed by atoms with Crippen LogP contribution in [-0.4, -0.2) is 20.5 Å². The van der Waals surface area contributed by atoms with Gasteiger partial charge in [-0.15, -0.1) is 0 Å². The van der Waals surface area contributed by atoms with E-state index in [4.69, 9.17) is 15.2 Å². The third-order valence-electron chi connectivity index (χ3n) is 2.31. The fourth-order valence-corrected chi connectivity index (χ4v) is 1.50. The van der Waals surface area contributed by atoms with Gasteiger partial charge in [0.15, 0.2) is 6.29 Å². The molecule has 3 heteroatoms. The quantitative estimate of drug-likeness (QED) is 0.742. The molecule has 2 N–H and O–H groups in total. The molecule has 0 heterocycles. The van der Waals surface area contributed by atoms with E-state index in [1.54, 1.807) is 14.2 Å². The highest BCUT2D eigenvalue weighted by molar-refractivity contribution is 5.28. The van der Waals surface area contributed by atoms with Crippen LogP contribution in [0.3, 0.4) is 0 Å². The predicted octanol–water partition coefficient (Wildman–Crippen LogP) is 1.61. The second-order valence-corrected chi connectivity index (χ2v) is 3.22. The van der Waals surface area contributed by atoms with E-state index in [2.05, 4.69) is 0 Å². The van der Waals surface area contributed by atoms with Gasteiger partial charge in [-0.2, -0.15) is 0 Å². The van der Waals surface area contributed by atoms with Crippen molar-refractivity contribution in [2.45, 2.75) is 19.3 Å². The molecule has 0 amide bonds. The van der Waals surface area contributed by atoms with E-state index in [1.807, 2.05) is 31.2 Å². The molecule has 0 spiro atoms. The molecule has 0 radical (unpaired) electrons. The lowest BCUT2D eigenvalue weighted by atomic mass is 10.0. The molecule has 0 saturated heterocycles. The largest absolute Gasteiger partial charge is 0.354 e. The Balaban J connectivity index is 2.88. The van der Waals surface area contributed by atoms with Crippen LogP contribution < -0.4 is 5.73 Å². The fourth-order valence-electron chi connectivity index (χ4n) is 1.50. The smallest absolute Gasteiger partial charge is 0.176 e. The average Bonchev–Trinajstić information content (AvgIpc) is 2.20. The first-order valence-corrected chi connectivity index (χ1v) is 4.57. The van der Waals surface area contributed by atoms with E-state index >= 15 is 0 Å². The second-order valence-electron chi connectivity index (χ2n) is 3.22. The Morgan fingerprint density at radius 2 is 1.71 bits per heavy atom. The van der Waals surface area contributed by atoms with Gasteiger partial charge in [-0.05, 0) is 18.1 Å². The summed E-state index contributed by atoms with van der Waals surface area (Å²) >= 11 is 0. The van der Waals surface area contributed by atoms with Gasteiger partial charge in [-0.25, -0.2) is 0 Å². The molecule has 14 heavy (non-hydrogen) atoms. The van der Waals surface area contributed by atoms with Crippen LogP contribution in [0, 0.1) is 6.92 Å². The van der Waals surface area contributed by atoms with Gasteiger partial charge in [0.1, 0.15) is 0 Å². The Kier molecular flexibility index (Phi) is 4.07. The summed E-state index contributed by atoms with van der Waals surface area (Å²) in [6.45, 7) is 2.03. The highest BCUT2D eigenvalue weighted by Gasteiger charge is 2.19. The Labute approximate surface area is 84.8 Å². The molecule has 1 aromatic rings. The van der Waals surface area contributed by atoms with Gasteiger partial charge in [0, 0.05) is 14.2 Å². The Bertz CT molecular complexity index is 284. The maximum atomic E-state index is 6.01. The highest BCUT2D eigenvalue weighted by Crippen LogP contribution is 2.19. The Hall–Kier alpha value is -0.900. The molecule has 0 aromatic heterocycles. The summed E-state index contributed by atoms with van der Waals surface area (Å²) < 4.78 is 10.2. The standard InChI is InChI=1S/C11H17NO2/c1-8-6-4-5-7-9(8)10(12)11(13-2)14-3/h4-7,10-11H,12H2,1-3H3. The van der Waals surface area contributed by atoms with Crippen LogP contribution in [0.2, 0.25) is 0 Å². The monoisotopic (exact) mass is 195 g/mol. The number of rotatable bonds is 4. The molecule has 0 aliphatic rings. The van der Waals surface area contributed by atoms with Crippen LogP contribution in [0.4, 0.5) is 0 Å². The zero-order valence-electron chi connectivity index (χ0n) is 8.86. The number of aryl methyl sites for hydroxylation is 1. The summed E-state index contributed by atoms with van der Waals surface area (Å²) in [6.07, 6.45) is -0.393. The summed E-state index contributed by atoms with van der Waals surface area (Å²) in [4.78, 5) is 0. The van der Waals surface area contributed by atoms with Crippen molar-refractivity contribution in [3.63, 3.8) is 0 Å². The third kappa shape index (κ3) is 2.32. The van der Waals surface area contributed by atoms with Gasteiger partial charge in [-0.3, -0.25) is 0 Å². The third-order valence-corrected chi connectivity index (χ3v) is 2.31. The first-order valence-electron chi connectivity index (χ1n) is 4.57. The number of nitrogens with two attached hydrogens (primary N) is 1. The number of methoxy groups -OCH3 is 2. The van der Waals surface area contributed by atoms with Crippen LogP contribution in [0.5, 0.6) is 0 Å². The van der Waals surface area contributed by atoms with Gasteiger partial charge in [0.2, 0.25) is 0 Å². The maximum Gasteiger partial charge on any atom is 0.176 e. The van der Waals surface area contributed by atoms with Gasteiger partial charge < -0.3 is 15.2 Å². The minimum atomic E-state index is -0.393. The van der Waals surface area contributed by atoms with Crippen LogP contribution in [0.15, 0.2) is 24.3 Å². The predicted molar refractivity (Wildman–Crippen MR) is 55.9 cm³/mol. The first kappa shape index (κ1) is 11.2. The van der Waals surface area contributed by atoms with Crippen molar-refractivity contribution < 1.29 is 9.47 Å². The van der Waals surface area contributed by atoms with Crippen molar-refractivity contribution in [2.75, 3.05) is 14.2 Å². The lowest BCUT2D eigenvalue weighted by Crippen LogP contribution is -2.30. The highest BCUT2D eigenvalue weighted by atomic mass is 16.7. The second kappa shape index (κ2) is 5.10. The van der Waals surface area contributed by atoms with Crippen molar-refractivity contribution in [3.8, 4) is 0 Å². The van der Waals surface area contributed by atoms with Gasteiger partial charge >= 0.3 is 0 Å². The molecule has 1 aromatic carbocycles. The number of benzene rings is 1. The molecule has 1 atom stereocenters. The van der Waals surface area contributed by atoms with Crippen molar-refractivity contribution >= 4 is 0 Å². The number of ether oxygens (including phenoxy) is 2. The fraction of sp³-hybridized carbons (Fsp3) is 0.455. The summed E-state index contributed by atoms with van der Waals surface area (Å²) in [5.41, 5.74) is 8.22. The molecule has 0 bridgehead atoms. The molecule has 1 unspecified atom stereocenters. The Morgan fingerprint density at radius 3 is 2.21 bits per heavy atom. The molecular formula is C11H17NO2. The molecular weight excluding hydrogens is 178 g/mol. The van der Waals surface area contributed by atoms with E-state index in [0.29, 0.717) is 0 Å². The topological polar surface area (TPSA) is 44.5 Å². The summed E-state index contributed by atoms with van der Waals surface area (Å²) in [6, 6.07) is 7.72. The van der Waals surface area contributed by atoms with E-state index in [-0.39, 0.29) is 6.04 Å². The zero-order valence-corrected chi connectivity index (χ0v) is 8.86. The number of hydrogen-bond donors (Lipinski definition) is 1. The molecule has 78 valence electrons. The molecule has 0 aliphatic heterocycles. The van der Waals surface area contributed by atoms with E-state index in [0.717, 1.165) is 11.1 Å². The number of hydrogen-bond acceptors (Lipinski definition) is 3. The van der Waals surface area contributed by atoms with Crippen molar-refractivity contribution in [2.24, 2.45) is 5.73 Å². The summed E-state index contributed by atoms with van der Waals surface area (Å²) in [5.74, 6) is 0. The average molecular weight is 195 g/mol. The maximum absolute atomic E-state index is 6.01. The van der Waals surface area contributed by atoms with Gasteiger partial charge in [0.05, 0.1) is 6.04 Å². The molecule has 0 saturated carbocycles. The van der Waals surface area contributed by atoms with E-state index in [9.17, 15) is 0 Å². The summed E-state index contributed by atoms with van der Waals surface area (Å²) in [7, 11) is 3.18. The normalized spacial score (nSPS) is 13.2. The molecule has 1 rings (SSSR count). The first-order chi connectivity index (χ1) is 6.70. The van der Waals surface area contributed by atoms with Crippen molar-refractivity contribution in [3.05, 3.63) is 35.4 Å². The summed E-state index contributed by atoms with van der Waals surface area (Å²) in [5, 5.41) is 0. The molecule has 3 nitrogen and oxygen atoms in total. The molecule has 0 fully saturated rings.